The van der Waals surface area contributed by atoms with E-state index < -0.39 is 0 Å². The first-order chi connectivity index (χ1) is 16.7. The molecule has 0 amide bonds. The lowest BCUT2D eigenvalue weighted by atomic mass is 9.91. The molecule has 0 radical (unpaired) electrons. The number of nitrogens with one attached hydrogen (secondary N) is 1. The van der Waals surface area contributed by atoms with E-state index in [1.165, 1.54) is 31.2 Å². The van der Waals surface area contributed by atoms with Gasteiger partial charge in [0.25, 0.3) is 0 Å². The van der Waals surface area contributed by atoms with Crippen molar-refractivity contribution in [3.05, 3.63) is 52.7 Å². The van der Waals surface area contributed by atoms with Crippen molar-refractivity contribution < 1.29 is 4.79 Å². The number of rotatable bonds is 7. The number of aromatic nitrogens is 3. The van der Waals surface area contributed by atoms with Gasteiger partial charge in [0, 0.05) is 31.1 Å². The van der Waals surface area contributed by atoms with Crippen LogP contribution in [0, 0.1) is 5.92 Å². The van der Waals surface area contributed by atoms with E-state index in [1.54, 1.807) is 0 Å². The van der Waals surface area contributed by atoms with E-state index in [2.05, 4.69) is 22.3 Å². The second kappa shape index (κ2) is 10.9. The predicted molar refractivity (Wildman–Crippen MR) is 138 cm³/mol. The fourth-order valence-electron chi connectivity index (χ4n) is 5.21. The quantitative estimate of drug-likeness (QED) is 0.467. The summed E-state index contributed by atoms with van der Waals surface area (Å²) in [6.07, 6.45) is 8.46. The predicted octanol–water partition coefficient (Wildman–Crippen LogP) is 5.28. The molecule has 2 aromatic heterocycles. The van der Waals surface area contributed by atoms with Crippen molar-refractivity contribution in [1.82, 2.24) is 20.1 Å². The SMILES string of the molecule is O=C(CC1CCNCC1)c1nn(CCc2ccc(Cl)cc2)c2nc(N3CCCCCC3)ccc12. The van der Waals surface area contributed by atoms with Crippen molar-refractivity contribution in [3.63, 3.8) is 0 Å². The maximum atomic E-state index is 13.3. The van der Waals surface area contributed by atoms with Gasteiger partial charge in [0.15, 0.2) is 11.4 Å². The van der Waals surface area contributed by atoms with Crippen LogP contribution in [0.25, 0.3) is 11.0 Å². The van der Waals surface area contributed by atoms with Gasteiger partial charge in [-0.3, -0.25) is 4.79 Å². The van der Waals surface area contributed by atoms with Crippen molar-refractivity contribution in [2.45, 2.75) is 57.9 Å². The summed E-state index contributed by atoms with van der Waals surface area (Å²) < 4.78 is 1.95. The number of Topliss-reactive ketones (excluding diaryl/α,β-unsaturated/α-hetero) is 1. The number of hydrogen-bond acceptors (Lipinski definition) is 5. The number of pyridine rings is 1. The zero-order chi connectivity index (χ0) is 23.3. The number of anilines is 1. The smallest absolute Gasteiger partial charge is 0.184 e. The number of nitrogens with zero attached hydrogens (tertiary/aromatic N) is 4. The molecule has 2 fully saturated rings. The number of hydrogen-bond donors (Lipinski definition) is 1. The summed E-state index contributed by atoms with van der Waals surface area (Å²) in [4.78, 5) is 20.8. The molecule has 0 unspecified atom stereocenters. The van der Waals surface area contributed by atoms with Crippen LogP contribution in [0.3, 0.4) is 0 Å². The fraction of sp³-hybridized carbons (Fsp3) is 0.519. The highest BCUT2D eigenvalue weighted by molar-refractivity contribution is 6.30. The molecule has 180 valence electrons. The molecule has 0 aliphatic carbocycles. The van der Waals surface area contributed by atoms with Gasteiger partial charge in [-0.25, -0.2) is 9.67 Å². The molecule has 34 heavy (non-hydrogen) atoms. The molecule has 4 heterocycles. The molecule has 1 N–H and O–H groups in total. The minimum Gasteiger partial charge on any atom is -0.357 e. The molecule has 0 spiro atoms. The highest BCUT2D eigenvalue weighted by atomic mass is 35.5. The summed E-state index contributed by atoms with van der Waals surface area (Å²) in [6.45, 7) is 4.75. The molecule has 6 nitrogen and oxygen atoms in total. The van der Waals surface area contributed by atoms with Gasteiger partial charge in [-0.15, -0.1) is 0 Å². The van der Waals surface area contributed by atoms with Gasteiger partial charge in [-0.1, -0.05) is 36.6 Å². The third-order valence-corrected chi connectivity index (χ3v) is 7.49. The molecule has 3 aromatic rings. The van der Waals surface area contributed by atoms with E-state index in [-0.39, 0.29) is 5.78 Å². The molecule has 7 heteroatoms. The third kappa shape index (κ3) is 5.44. The Bertz CT molecular complexity index is 1110. The van der Waals surface area contributed by atoms with Crippen LogP contribution in [0.4, 0.5) is 5.82 Å². The minimum absolute atomic E-state index is 0.145. The minimum atomic E-state index is 0.145. The largest absolute Gasteiger partial charge is 0.357 e. The summed E-state index contributed by atoms with van der Waals surface area (Å²) in [6, 6.07) is 12.1. The molecule has 2 aliphatic heterocycles. The van der Waals surface area contributed by atoms with Gasteiger partial charge >= 0.3 is 0 Å². The van der Waals surface area contributed by atoms with E-state index >= 15 is 0 Å². The first-order valence-corrected chi connectivity index (χ1v) is 13.2. The van der Waals surface area contributed by atoms with E-state index in [4.69, 9.17) is 21.7 Å². The topological polar surface area (TPSA) is 63.1 Å². The fourth-order valence-corrected chi connectivity index (χ4v) is 5.34. The molecule has 2 aliphatic rings. The average molecular weight is 480 g/mol. The van der Waals surface area contributed by atoms with Gasteiger partial charge in [-0.2, -0.15) is 5.10 Å². The van der Waals surface area contributed by atoms with Crippen LogP contribution in [0.1, 0.15) is 61.0 Å². The number of ketones is 1. The number of carbonyl (C=O) groups excluding carboxylic acids is 1. The van der Waals surface area contributed by atoms with Crippen LogP contribution in [0.15, 0.2) is 36.4 Å². The summed E-state index contributed by atoms with van der Waals surface area (Å²) >= 11 is 6.05. The normalized spacial score (nSPS) is 17.7. The average Bonchev–Trinajstić information content (AvgIpc) is 3.02. The molecule has 2 saturated heterocycles. The Morgan fingerprint density at radius 3 is 2.47 bits per heavy atom. The molecular formula is C27H34ClN5O. The number of fused-ring (bicyclic) bond motifs is 1. The summed E-state index contributed by atoms with van der Waals surface area (Å²) in [7, 11) is 0. The van der Waals surface area contributed by atoms with Crippen LogP contribution in [-0.4, -0.2) is 46.7 Å². The third-order valence-electron chi connectivity index (χ3n) is 7.23. The van der Waals surface area contributed by atoms with Crippen LogP contribution in [-0.2, 0) is 13.0 Å². The van der Waals surface area contributed by atoms with Gasteiger partial charge in [0.05, 0.1) is 5.39 Å². The van der Waals surface area contributed by atoms with Crippen molar-refractivity contribution in [2.24, 2.45) is 5.92 Å². The number of halogens is 1. The van der Waals surface area contributed by atoms with Gasteiger partial charge in [0.1, 0.15) is 11.5 Å². The van der Waals surface area contributed by atoms with E-state index in [0.717, 1.165) is 67.3 Å². The van der Waals surface area contributed by atoms with Crippen molar-refractivity contribution in [2.75, 3.05) is 31.1 Å². The second-order valence-electron chi connectivity index (χ2n) is 9.71. The first-order valence-electron chi connectivity index (χ1n) is 12.8. The zero-order valence-corrected chi connectivity index (χ0v) is 20.6. The highest BCUT2D eigenvalue weighted by Gasteiger charge is 2.24. The van der Waals surface area contributed by atoms with Crippen LogP contribution < -0.4 is 10.2 Å². The number of aryl methyl sites for hydroxylation is 2. The second-order valence-corrected chi connectivity index (χ2v) is 10.1. The Balaban J connectivity index is 1.44. The van der Waals surface area contributed by atoms with Crippen molar-refractivity contribution >= 4 is 34.2 Å². The van der Waals surface area contributed by atoms with Crippen LogP contribution in [0.2, 0.25) is 5.02 Å². The first kappa shape index (κ1) is 23.3. The lowest BCUT2D eigenvalue weighted by Gasteiger charge is -2.21. The monoisotopic (exact) mass is 479 g/mol. The lowest BCUT2D eigenvalue weighted by Crippen LogP contribution is -2.29. The van der Waals surface area contributed by atoms with Gasteiger partial charge in [0.2, 0.25) is 0 Å². The Labute approximate surface area is 206 Å². The maximum absolute atomic E-state index is 13.3. The van der Waals surface area contributed by atoms with Crippen molar-refractivity contribution in [1.29, 1.82) is 0 Å². The summed E-state index contributed by atoms with van der Waals surface area (Å²) in [5.41, 5.74) is 2.60. The molecule has 0 bridgehead atoms. The zero-order valence-electron chi connectivity index (χ0n) is 19.8. The summed E-state index contributed by atoms with van der Waals surface area (Å²) in [5.74, 6) is 1.58. The Morgan fingerprint density at radius 2 is 1.74 bits per heavy atom. The number of benzene rings is 1. The maximum Gasteiger partial charge on any atom is 0.184 e. The Kier molecular flexibility index (Phi) is 7.45. The van der Waals surface area contributed by atoms with Crippen LogP contribution in [0.5, 0.6) is 0 Å². The standard InChI is InChI=1S/C27H34ClN5O/c28-22-7-5-20(6-8-22)13-18-33-27-23(9-10-25(30-27)32-16-3-1-2-4-17-32)26(31-33)24(34)19-21-11-14-29-15-12-21/h5-10,21,29H,1-4,11-19H2. The highest BCUT2D eigenvalue weighted by Crippen LogP contribution is 2.26. The van der Waals surface area contributed by atoms with Crippen molar-refractivity contribution in [3.8, 4) is 0 Å². The number of piperidine rings is 1. The molecule has 0 atom stereocenters. The Hall–Kier alpha value is -2.44. The molecule has 1 aromatic carbocycles. The van der Waals surface area contributed by atoms with Gasteiger partial charge in [-0.05, 0) is 80.9 Å². The molecule has 5 rings (SSSR count). The van der Waals surface area contributed by atoms with E-state index in [0.29, 0.717) is 24.6 Å². The van der Waals surface area contributed by atoms with E-state index in [9.17, 15) is 4.79 Å². The van der Waals surface area contributed by atoms with Crippen LogP contribution >= 0.6 is 11.6 Å². The van der Waals surface area contributed by atoms with E-state index in [1.807, 2.05) is 28.9 Å². The van der Waals surface area contributed by atoms with Gasteiger partial charge < -0.3 is 10.2 Å². The Morgan fingerprint density at radius 1 is 1.00 bits per heavy atom. The molecule has 0 saturated carbocycles. The lowest BCUT2D eigenvalue weighted by molar-refractivity contribution is 0.0948. The molecular weight excluding hydrogens is 446 g/mol. The number of carbonyl (C=O) groups is 1. The summed E-state index contributed by atoms with van der Waals surface area (Å²) in [5, 5.41) is 9.84.